The lowest BCUT2D eigenvalue weighted by Gasteiger charge is -2.18. The Morgan fingerprint density at radius 2 is 1.90 bits per heavy atom. The van der Waals surface area contributed by atoms with E-state index >= 15 is 0 Å². The summed E-state index contributed by atoms with van der Waals surface area (Å²) in [6, 6.07) is 11.1. The second kappa shape index (κ2) is 6.70. The van der Waals surface area contributed by atoms with Gasteiger partial charge >= 0.3 is 0 Å². The summed E-state index contributed by atoms with van der Waals surface area (Å²) >= 11 is 0. The fourth-order valence-electron chi connectivity index (χ4n) is 2.71. The summed E-state index contributed by atoms with van der Waals surface area (Å²) in [5.41, 5.74) is 1.23. The van der Waals surface area contributed by atoms with E-state index in [1.165, 1.54) is 18.4 Å². The number of nitrogens with one attached hydrogen (secondary N) is 1. The van der Waals surface area contributed by atoms with Crippen LogP contribution in [0, 0.1) is 0 Å². The highest BCUT2D eigenvalue weighted by atomic mass is 16.5. The third kappa shape index (κ3) is 4.05. The van der Waals surface area contributed by atoms with Gasteiger partial charge in [-0.05, 0) is 38.2 Å². The Labute approximate surface area is 121 Å². The zero-order valence-electron chi connectivity index (χ0n) is 12.3. The summed E-state index contributed by atoms with van der Waals surface area (Å²) in [4.78, 5) is 0. The van der Waals surface area contributed by atoms with Crippen LogP contribution in [-0.4, -0.2) is 31.4 Å². The summed E-state index contributed by atoms with van der Waals surface area (Å²) in [6.45, 7) is 3.82. The molecule has 110 valence electrons. The Morgan fingerprint density at radius 1 is 1.15 bits per heavy atom. The molecule has 1 aliphatic heterocycles. The molecule has 3 nitrogen and oxygen atoms in total. The topological polar surface area (TPSA) is 30.5 Å². The third-order valence-corrected chi connectivity index (χ3v) is 4.21. The van der Waals surface area contributed by atoms with Crippen molar-refractivity contribution in [3.63, 3.8) is 0 Å². The summed E-state index contributed by atoms with van der Waals surface area (Å²) in [7, 11) is 0. The molecule has 2 fully saturated rings. The minimum Gasteiger partial charge on any atom is -0.371 e. The molecule has 0 bridgehead atoms. The number of benzene rings is 1. The van der Waals surface area contributed by atoms with Crippen LogP contribution in [0.5, 0.6) is 0 Å². The minimum atomic E-state index is 0.142. The van der Waals surface area contributed by atoms with Crippen molar-refractivity contribution in [3.8, 4) is 0 Å². The average Bonchev–Trinajstić information content (AvgIpc) is 3.22. The summed E-state index contributed by atoms with van der Waals surface area (Å²) < 4.78 is 12.0. The van der Waals surface area contributed by atoms with Crippen molar-refractivity contribution >= 4 is 0 Å². The van der Waals surface area contributed by atoms with Crippen molar-refractivity contribution < 1.29 is 9.47 Å². The van der Waals surface area contributed by atoms with Gasteiger partial charge in [0, 0.05) is 12.6 Å². The van der Waals surface area contributed by atoms with E-state index in [9.17, 15) is 0 Å². The first-order chi connectivity index (χ1) is 9.81. The SMILES string of the molecule is CC(OCC1CCC(CNC2CC2)O1)c1ccccc1. The molecule has 0 aromatic heterocycles. The van der Waals surface area contributed by atoms with Crippen LogP contribution in [-0.2, 0) is 9.47 Å². The van der Waals surface area contributed by atoms with Crippen LogP contribution in [0.2, 0.25) is 0 Å². The Kier molecular flexibility index (Phi) is 4.71. The summed E-state index contributed by atoms with van der Waals surface area (Å²) in [5.74, 6) is 0. The first-order valence-corrected chi connectivity index (χ1v) is 7.86. The quantitative estimate of drug-likeness (QED) is 0.829. The van der Waals surface area contributed by atoms with Crippen LogP contribution in [0.15, 0.2) is 30.3 Å². The van der Waals surface area contributed by atoms with E-state index in [4.69, 9.17) is 9.47 Å². The molecular formula is C17H25NO2. The van der Waals surface area contributed by atoms with Gasteiger partial charge in [-0.2, -0.15) is 0 Å². The Morgan fingerprint density at radius 3 is 2.65 bits per heavy atom. The normalized spacial score (nSPS) is 27.6. The molecule has 20 heavy (non-hydrogen) atoms. The van der Waals surface area contributed by atoms with Crippen molar-refractivity contribution in [2.75, 3.05) is 13.2 Å². The van der Waals surface area contributed by atoms with E-state index in [1.807, 2.05) is 6.07 Å². The van der Waals surface area contributed by atoms with E-state index in [0.29, 0.717) is 12.7 Å². The molecule has 1 heterocycles. The monoisotopic (exact) mass is 275 g/mol. The first-order valence-electron chi connectivity index (χ1n) is 7.86. The highest BCUT2D eigenvalue weighted by Crippen LogP contribution is 2.24. The van der Waals surface area contributed by atoms with Crippen LogP contribution in [0.3, 0.4) is 0 Å². The van der Waals surface area contributed by atoms with Gasteiger partial charge in [-0.1, -0.05) is 30.3 Å². The van der Waals surface area contributed by atoms with Crippen LogP contribution < -0.4 is 5.32 Å². The van der Waals surface area contributed by atoms with E-state index < -0.39 is 0 Å². The van der Waals surface area contributed by atoms with Crippen LogP contribution >= 0.6 is 0 Å². The number of hydrogen-bond donors (Lipinski definition) is 1. The molecule has 3 heteroatoms. The molecule has 3 rings (SSSR count). The zero-order valence-corrected chi connectivity index (χ0v) is 12.3. The van der Waals surface area contributed by atoms with E-state index in [1.54, 1.807) is 0 Å². The molecule has 3 atom stereocenters. The molecular weight excluding hydrogens is 250 g/mol. The molecule has 0 spiro atoms. The maximum atomic E-state index is 6.04. The standard InChI is InChI=1S/C17H25NO2/c1-13(14-5-3-2-4-6-14)19-12-17-10-9-16(20-17)11-18-15-7-8-15/h2-6,13,15-18H,7-12H2,1H3. The fraction of sp³-hybridized carbons (Fsp3) is 0.647. The maximum absolute atomic E-state index is 6.04. The van der Waals surface area contributed by atoms with E-state index in [2.05, 4.69) is 36.5 Å². The van der Waals surface area contributed by atoms with Gasteiger partial charge in [0.25, 0.3) is 0 Å². The second-order valence-corrected chi connectivity index (χ2v) is 6.03. The van der Waals surface area contributed by atoms with Crippen molar-refractivity contribution in [1.82, 2.24) is 5.32 Å². The lowest BCUT2D eigenvalue weighted by molar-refractivity contribution is -0.0371. The van der Waals surface area contributed by atoms with Gasteiger partial charge in [0.1, 0.15) is 0 Å². The second-order valence-electron chi connectivity index (χ2n) is 6.03. The minimum absolute atomic E-state index is 0.142. The average molecular weight is 275 g/mol. The van der Waals surface area contributed by atoms with Gasteiger partial charge in [-0.15, -0.1) is 0 Å². The molecule has 0 amide bonds. The zero-order chi connectivity index (χ0) is 13.8. The predicted molar refractivity (Wildman–Crippen MR) is 79.7 cm³/mol. The van der Waals surface area contributed by atoms with Crippen molar-refractivity contribution in [1.29, 1.82) is 0 Å². The van der Waals surface area contributed by atoms with E-state index in [0.717, 1.165) is 25.4 Å². The lowest BCUT2D eigenvalue weighted by atomic mass is 10.1. The van der Waals surface area contributed by atoms with Crippen LogP contribution in [0.25, 0.3) is 0 Å². The lowest BCUT2D eigenvalue weighted by Crippen LogP contribution is -2.29. The maximum Gasteiger partial charge on any atom is 0.0814 e. The Hall–Kier alpha value is -0.900. The molecule has 1 N–H and O–H groups in total. The largest absolute Gasteiger partial charge is 0.371 e. The predicted octanol–water partition coefficient (Wildman–Crippen LogP) is 3.06. The molecule has 1 saturated carbocycles. The molecule has 1 aromatic rings. The summed E-state index contributed by atoms with van der Waals surface area (Å²) in [5, 5.41) is 3.54. The van der Waals surface area contributed by atoms with Gasteiger partial charge in [-0.25, -0.2) is 0 Å². The van der Waals surface area contributed by atoms with Gasteiger partial charge < -0.3 is 14.8 Å². The van der Waals surface area contributed by atoms with Gasteiger partial charge in [0.15, 0.2) is 0 Å². The van der Waals surface area contributed by atoms with Crippen molar-refractivity contribution in [3.05, 3.63) is 35.9 Å². The third-order valence-electron chi connectivity index (χ3n) is 4.21. The number of ether oxygens (including phenoxy) is 2. The smallest absolute Gasteiger partial charge is 0.0814 e. The first kappa shape index (κ1) is 14.1. The van der Waals surface area contributed by atoms with Gasteiger partial charge in [-0.3, -0.25) is 0 Å². The molecule has 0 radical (unpaired) electrons. The molecule has 1 aliphatic carbocycles. The fourth-order valence-corrected chi connectivity index (χ4v) is 2.71. The Bertz CT molecular complexity index is 405. The van der Waals surface area contributed by atoms with Gasteiger partial charge in [0.05, 0.1) is 24.9 Å². The van der Waals surface area contributed by atoms with Crippen molar-refractivity contribution in [2.24, 2.45) is 0 Å². The van der Waals surface area contributed by atoms with Crippen LogP contribution in [0.1, 0.15) is 44.3 Å². The van der Waals surface area contributed by atoms with E-state index in [-0.39, 0.29) is 12.2 Å². The highest BCUT2D eigenvalue weighted by molar-refractivity contribution is 5.16. The molecule has 2 aliphatic rings. The molecule has 1 aromatic carbocycles. The summed E-state index contributed by atoms with van der Waals surface area (Å²) in [6.07, 6.45) is 5.76. The molecule has 1 saturated heterocycles. The molecule has 3 unspecified atom stereocenters. The van der Waals surface area contributed by atoms with Gasteiger partial charge in [0.2, 0.25) is 0 Å². The van der Waals surface area contributed by atoms with Crippen LogP contribution in [0.4, 0.5) is 0 Å². The van der Waals surface area contributed by atoms with Crippen molar-refractivity contribution in [2.45, 2.75) is 57.0 Å². The highest BCUT2D eigenvalue weighted by Gasteiger charge is 2.28. The Balaban J connectivity index is 1.36. The number of rotatable bonds is 7. The number of hydrogen-bond acceptors (Lipinski definition) is 3.